The second-order valence-corrected chi connectivity index (χ2v) is 3.24. The van der Waals surface area contributed by atoms with Gasteiger partial charge in [0, 0.05) is 0 Å². The highest BCUT2D eigenvalue weighted by Gasteiger charge is 1.98. The van der Waals surface area contributed by atoms with Crippen LogP contribution >= 0.6 is 0 Å². The Morgan fingerprint density at radius 2 is 2.07 bits per heavy atom. The minimum absolute atomic E-state index is 0.0838. The van der Waals surface area contributed by atoms with Gasteiger partial charge in [-0.3, -0.25) is 4.79 Å². The van der Waals surface area contributed by atoms with Gasteiger partial charge in [-0.2, -0.15) is 0 Å². The van der Waals surface area contributed by atoms with E-state index < -0.39 is 0 Å². The summed E-state index contributed by atoms with van der Waals surface area (Å²) in [7, 11) is 0. The predicted molar refractivity (Wildman–Crippen MR) is 61.3 cm³/mol. The van der Waals surface area contributed by atoms with Crippen LogP contribution in [0.4, 0.5) is 0 Å². The van der Waals surface area contributed by atoms with Gasteiger partial charge < -0.3 is 4.74 Å². The number of hydrogen-bond donors (Lipinski definition) is 0. The van der Waals surface area contributed by atoms with E-state index in [9.17, 15) is 4.79 Å². The molecule has 0 spiro atoms. The van der Waals surface area contributed by atoms with Gasteiger partial charge in [-0.15, -0.1) is 0 Å². The first-order valence-corrected chi connectivity index (χ1v) is 5.19. The maximum absolute atomic E-state index is 9.97. The summed E-state index contributed by atoms with van der Waals surface area (Å²) < 4.78 is 5.31. The molecule has 1 heterocycles. The minimum Gasteiger partial charge on any atom is -0.490 e. The Hall–Kier alpha value is -1.57. The number of ether oxygens (including phenoxy) is 1. The lowest BCUT2D eigenvalue weighted by Crippen LogP contribution is -2.03. The number of carbonyl (C=O) groups is 1. The molecule has 0 saturated carbocycles. The third kappa shape index (κ3) is 5.68. The highest BCUT2D eigenvalue weighted by atomic mass is 16.5. The standard InChI is InChI=1S/C13H16O2/c14-11-7-4-2-1-3-5-9-13-10-6-8-12-15-13/h4-13H,1-3H2. The Morgan fingerprint density at radius 1 is 1.20 bits per heavy atom. The largest absolute Gasteiger partial charge is 0.490 e. The molecule has 0 amide bonds. The fourth-order valence-electron chi connectivity index (χ4n) is 1.25. The van der Waals surface area contributed by atoms with E-state index in [0.29, 0.717) is 0 Å². The van der Waals surface area contributed by atoms with Crippen LogP contribution in [-0.2, 0) is 9.53 Å². The van der Waals surface area contributed by atoms with Crippen LogP contribution in [0.2, 0.25) is 0 Å². The second kappa shape index (κ2) is 7.80. The molecule has 0 aliphatic carbocycles. The summed E-state index contributed by atoms with van der Waals surface area (Å²) in [5.41, 5.74) is 0. The molecule has 0 N–H and O–H groups in total. The van der Waals surface area contributed by atoms with Crippen LogP contribution in [0.3, 0.4) is 0 Å². The Balaban J connectivity index is 2.06. The zero-order valence-corrected chi connectivity index (χ0v) is 8.71. The van der Waals surface area contributed by atoms with Crippen LogP contribution in [-0.4, -0.2) is 12.4 Å². The molecule has 0 aromatic carbocycles. The number of unbranched alkanes of at least 4 members (excludes halogenated alkanes) is 2. The van der Waals surface area contributed by atoms with Gasteiger partial charge in [-0.1, -0.05) is 18.2 Å². The van der Waals surface area contributed by atoms with Crippen molar-refractivity contribution in [1.29, 1.82) is 0 Å². The molecule has 1 rings (SSSR count). The molecule has 0 aromatic heterocycles. The van der Waals surface area contributed by atoms with Crippen molar-refractivity contribution in [2.45, 2.75) is 25.4 Å². The average Bonchev–Trinajstić information content (AvgIpc) is 2.29. The first-order valence-electron chi connectivity index (χ1n) is 5.19. The highest BCUT2D eigenvalue weighted by molar-refractivity contribution is 5.64. The van der Waals surface area contributed by atoms with Gasteiger partial charge in [0.05, 0.1) is 6.26 Å². The van der Waals surface area contributed by atoms with Crippen LogP contribution in [0.5, 0.6) is 0 Å². The smallest absolute Gasteiger partial charge is 0.142 e. The number of allylic oxidation sites excluding steroid dienone is 5. The molecule has 0 fully saturated rings. The zero-order valence-electron chi connectivity index (χ0n) is 8.71. The molecule has 0 saturated heterocycles. The van der Waals surface area contributed by atoms with Gasteiger partial charge in [0.25, 0.3) is 0 Å². The fourth-order valence-corrected chi connectivity index (χ4v) is 1.25. The lowest BCUT2D eigenvalue weighted by atomic mass is 10.2. The number of carbonyl (C=O) groups excluding carboxylic acids is 1. The molecule has 1 unspecified atom stereocenters. The predicted octanol–water partition coefficient (Wildman–Crippen LogP) is 2.94. The Labute approximate surface area is 90.6 Å². The lowest BCUT2D eigenvalue weighted by Gasteiger charge is -2.09. The third-order valence-electron chi connectivity index (χ3n) is 2.01. The third-order valence-corrected chi connectivity index (χ3v) is 2.01. The van der Waals surface area contributed by atoms with E-state index in [-0.39, 0.29) is 6.10 Å². The normalized spacial score (nSPS) is 19.9. The second-order valence-electron chi connectivity index (χ2n) is 3.24. The van der Waals surface area contributed by atoms with Crippen molar-refractivity contribution in [2.24, 2.45) is 0 Å². The summed E-state index contributed by atoms with van der Waals surface area (Å²) in [6.07, 6.45) is 19.1. The van der Waals surface area contributed by atoms with Gasteiger partial charge in [0.1, 0.15) is 12.4 Å². The zero-order chi connectivity index (χ0) is 10.8. The van der Waals surface area contributed by atoms with Gasteiger partial charge in [-0.05, 0) is 43.6 Å². The SMILES string of the molecule is O=CC=CCCCC=CC1C=CC=CO1. The molecule has 0 bridgehead atoms. The van der Waals surface area contributed by atoms with Crippen molar-refractivity contribution in [2.75, 3.05) is 0 Å². The van der Waals surface area contributed by atoms with Gasteiger partial charge >= 0.3 is 0 Å². The van der Waals surface area contributed by atoms with Crippen molar-refractivity contribution in [3.63, 3.8) is 0 Å². The van der Waals surface area contributed by atoms with Gasteiger partial charge in [-0.25, -0.2) is 0 Å². The van der Waals surface area contributed by atoms with Crippen molar-refractivity contribution in [3.8, 4) is 0 Å². The van der Waals surface area contributed by atoms with Crippen molar-refractivity contribution in [1.82, 2.24) is 0 Å². The first-order chi connectivity index (χ1) is 7.43. The minimum atomic E-state index is 0.0838. The lowest BCUT2D eigenvalue weighted by molar-refractivity contribution is -0.104. The summed E-state index contributed by atoms with van der Waals surface area (Å²) in [6.45, 7) is 0. The summed E-state index contributed by atoms with van der Waals surface area (Å²) >= 11 is 0. The molecule has 15 heavy (non-hydrogen) atoms. The Bertz CT molecular complexity index is 285. The van der Waals surface area contributed by atoms with E-state index in [2.05, 4.69) is 6.08 Å². The van der Waals surface area contributed by atoms with E-state index >= 15 is 0 Å². The molecule has 1 aliphatic rings. The van der Waals surface area contributed by atoms with E-state index in [1.807, 2.05) is 30.4 Å². The van der Waals surface area contributed by atoms with E-state index in [4.69, 9.17) is 4.74 Å². The molecule has 1 aliphatic heterocycles. The fraction of sp³-hybridized carbons (Fsp3) is 0.308. The molecular weight excluding hydrogens is 188 g/mol. The molecule has 1 atom stereocenters. The van der Waals surface area contributed by atoms with Gasteiger partial charge in [0.15, 0.2) is 0 Å². The van der Waals surface area contributed by atoms with Crippen LogP contribution in [0.25, 0.3) is 0 Å². The van der Waals surface area contributed by atoms with Crippen molar-refractivity contribution < 1.29 is 9.53 Å². The molecule has 2 nitrogen and oxygen atoms in total. The maximum atomic E-state index is 9.97. The summed E-state index contributed by atoms with van der Waals surface area (Å²) in [5.74, 6) is 0. The summed E-state index contributed by atoms with van der Waals surface area (Å²) in [4.78, 5) is 9.97. The number of rotatable bonds is 6. The monoisotopic (exact) mass is 204 g/mol. The Morgan fingerprint density at radius 3 is 2.80 bits per heavy atom. The summed E-state index contributed by atoms with van der Waals surface area (Å²) in [6, 6.07) is 0. The van der Waals surface area contributed by atoms with Crippen LogP contribution < -0.4 is 0 Å². The quantitative estimate of drug-likeness (QED) is 0.288. The van der Waals surface area contributed by atoms with Crippen LogP contribution in [0.1, 0.15) is 19.3 Å². The summed E-state index contributed by atoms with van der Waals surface area (Å²) in [5, 5.41) is 0. The maximum Gasteiger partial charge on any atom is 0.142 e. The molecule has 2 heteroatoms. The van der Waals surface area contributed by atoms with E-state index in [0.717, 1.165) is 25.5 Å². The van der Waals surface area contributed by atoms with Crippen LogP contribution in [0.15, 0.2) is 48.8 Å². The topological polar surface area (TPSA) is 26.3 Å². The number of hydrogen-bond acceptors (Lipinski definition) is 2. The van der Waals surface area contributed by atoms with Gasteiger partial charge in [0.2, 0.25) is 0 Å². The molecule has 80 valence electrons. The van der Waals surface area contributed by atoms with Crippen LogP contribution in [0, 0.1) is 0 Å². The molecular formula is C13H16O2. The van der Waals surface area contributed by atoms with Crippen molar-refractivity contribution in [3.05, 3.63) is 48.8 Å². The Kier molecular flexibility index (Phi) is 5.98. The average molecular weight is 204 g/mol. The number of aldehydes is 1. The molecule has 0 radical (unpaired) electrons. The first kappa shape index (κ1) is 11.5. The molecule has 0 aromatic rings. The van der Waals surface area contributed by atoms with E-state index in [1.54, 1.807) is 12.3 Å². The van der Waals surface area contributed by atoms with E-state index in [1.165, 1.54) is 0 Å². The van der Waals surface area contributed by atoms with Crippen molar-refractivity contribution >= 4 is 6.29 Å². The highest BCUT2D eigenvalue weighted by Crippen LogP contribution is 2.05.